The minimum atomic E-state index is -1.00. The molecule has 0 saturated carbocycles. The lowest BCUT2D eigenvalue weighted by molar-refractivity contribution is -0.137. The van der Waals surface area contributed by atoms with Gasteiger partial charge in [0, 0.05) is 12.0 Å². The van der Waals surface area contributed by atoms with Gasteiger partial charge >= 0.3 is 12.1 Å². The fourth-order valence-corrected chi connectivity index (χ4v) is 4.07. The van der Waals surface area contributed by atoms with Crippen LogP contribution >= 0.6 is 0 Å². The zero-order valence-corrected chi connectivity index (χ0v) is 18.8. The number of rotatable bonds is 7. The second kappa shape index (κ2) is 9.42. The van der Waals surface area contributed by atoms with E-state index in [1.807, 2.05) is 57.2 Å². The average molecular weight is 439 g/mol. The second-order valence-corrected chi connectivity index (χ2v) is 9.28. The number of carbonyl (C=O) groups excluding carboxylic acids is 2. The summed E-state index contributed by atoms with van der Waals surface area (Å²) in [6.45, 7) is 7.22. The molecule has 0 fully saturated rings. The molecule has 0 spiro atoms. The molecular formula is C25H30N2O5. The highest BCUT2D eigenvalue weighted by Gasteiger charge is 2.35. The summed E-state index contributed by atoms with van der Waals surface area (Å²) in [5, 5.41) is 14.2. The molecule has 7 heteroatoms. The van der Waals surface area contributed by atoms with Crippen LogP contribution in [0.1, 0.15) is 51.2 Å². The van der Waals surface area contributed by atoms with Crippen molar-refractivity contribution in [2.75, 3.05) is 6.61 Å². The molecule has 2 amide bonds. The number of carboxylic acids is 1. The minimum absolute atomic E-state index is 0.0781. The first-order valence-electron chi connectivity index (χ1n) is 10.7. The maximum Gasteiger partial charge on any atom is 0.407 e. The summed E-state index contributed by atoms with van der Waals surface area (Å²) in [6.07, 6.45) is -0.888. The zero-order valence-electron chi connectivity index (χ0n) is 18.8. The van der Waals surface area contributed by atoms with Gasteiger partial charge in [-0.15, -0.1) is 0 Å². The normalized spacial score (nSPS) is 14.6. The van der Waals surface area contributed by atoms with Crippen LogP contribution in [-0.2, 0) is 14.3 Å². The Hall–Kier alpha value is -3.35. The van der Waals surface area contributed by atoms with Crippen molar-refractivity contribution >= 4 is 18.0 Å². The van der Waals surface area contributed by atoms with Crippen molar-refractivity contribution in [3.63, 3.8) is 0 Å². The van der Waals surface area contributed by atoms with Gasteiger partial charge in [0.25, 0.3) is 0 Å². The third-order valence-corrected chi connectivity index (χ3v) is 5.60. The summed E-state index contributed by atoms with van der Waals surface area (Å²) in [5.41, 5.74) is 3.88. The van der Waals surface area contributed by atoms with Crippen LogP contribution in [0.3, 0.4) is 0 Å². The van der Waals surface area contributed by atoms with Crippen LogP contribution in [-0.4, -0.2) is 41.8 Å². The summed E-state index contributed by atoms with van der Waals surface area (Å²) in [7, 11) is 0. The van der Waals surface area contributed by atoms with Crippen molar-refractivity contribution in [1.82, 2.24) is 10.6 Å². The van der Waals surface area contributed by atoms with E-state index in [1.165, 1.54) is 0 Å². The average Bonchev–Trinajstić information content (AvgIpc) is 3.02. The fourth-order valence-electron chi connectivity index (χ4n) is 4.07. The van der Waals surface area contributed by atoms with Gasteiger partial charge in [0.2, 0.25) is 5.91 Å². The van der Waals surface area contributed by atoms with Crippen molar-refractivity contribution in [3.8, 4) is 11.1 Å². The molecule has 0 aliphatic heterocycles. The molecule has 3 N–H and O–H groups in total. The molecule has 2 aromatic carbocycles. The Kier molecular flexibility index (Phi) is 6.87. The Morgan fingerprint density at radius 1 is 0.969 bits per heavy atom. The van der Waals surface area contributed by atoms with Crippen LogP contribution in [0, 0.1) is 5.41 Å². The molecular weight excluding hydrogens is 408 g/mol. The van der Waals surface area contributed by atoms with E-state index >= 15 is 0 Å². The number of aliphatic carboxylic acids is 1. The van der Waals surface area contributed by atoms with Gasteiger partial charge < -0.3 is 20.5 Å². The van der Waals surface area contributed by atoms with Gasteiger partial charge in [-0.3, -0.25) is 9.59 Å². The van der Waals surface area contributed by atoms with Crippen LogP contribution in [0.4, 0.5) is 4.79 Å². The number of nitrogens with one attached hydrogen (secondary N) is 2. The number of fused-ring (bicyclic) bond motifs is 3. The van der Waals surface area contributed by atoms with E-state index in [-0.39, 0.29) is 18.9 Å². The molecule has 0 aromatic heterocycles. The van der Waals surface area contributed by atoms with Crippen molar-refractivity contribution in [2.45, 2.75) is 52.1 Å². The fraction of sp³-hybridized carbons (Fsp3) is 0.400. The van der Waals surface area contributed by atoms with Gasteiger partial charge in [0.05, 0.1) is 6.42 Å². The maximum atomic E-state index is 12.7. The Morgan fingerprint density at radius 3 is 2.00 bits per heavy atom. The van der Waals surface area contributed by atoms with Crippen molar-refractivity contribution < 1.29 is 24.2 Å². The highest BCUT2D eigenvalue weighted by Crippen LogP contribution is 2.44. The third-order valence-electron chi connectivity index (χ3n) is 5.60. The number of ether oxygens (including phenoxy) is 1. The summed E-state index contributed by atoms with van der Waals surface area (Å²) in [6, 6.07) is 14.7. The molecule has 1 aliphatic rings. The number of amides is 2. The van der Waals surface area contributed by atoms with Crippen molar-refractivity contribution in [2.24, 2.45) is 5.41 Å². The lowest BCUT2D eigenvalue weighted by atomic mass is 9.86. The smallest absolute Gasteiger partial charge is 0.407 e. The van der Waals surface area contributed by atoms with Gasteiger partial charge in [-0.2, -0.15) is 0 Å². The van der Waals surface area contributed by atoms with Crippen molar-refractivity contribution in [3.05, 3.63) is 59.7 Å². The monoisotopic (exact) mass is 438 g/mol. The largest absolute Gasteiger partial charge is 0.481 e. The first kappa shape index (κ1) is 23.3. The van der Waals surface area contributed by atoms with Crippen LogP contribution in [0.15, 0.2) is 48.5 Å². The lowest BCUT2D eigenvalue weighted by Crippen LogP contribution is -2.55. The molecule has 7 nitrogen and oxygen atoms in total. The predicted octanol–water partition coefficient (Wildman–Crippen LogP) is 3.92. The van der Waals surface area contributed by atoms with E-state index in [1.54, 1.807) is 6.92 Å². The molecule has 0 unspecified atom stereocenters. The SMILES string of the molecule is C[C@@H](CC(=O)O)NC(=O)[C@@H](NC(=O)OCC1c2ccccc2-c2ccccc21)C(C)(C)C. The zero-order chi connectivity index (χ0) is 23.5. The molecule has 1 aliphatic carbocycles. The molecule has 0 bridgehead atoms. The number of alkyl carbamates (subject to hydrolysis) is 1. The van der Waals surface area contributed by atoms with E-state index in [2.05, 4.69) is 22.8 Å². The molecule has 32 heavy (non-hydrogen) atoms. The van der Waals surface area contributed by atoms with E-state index in [4.69, 9.17) is 9.84 Å². The van der Waals surface area contributed by atoms with Gasteiger partial charge in [-0.05, 0) is 34.6 Å². The van der Waals surface area contributed by atoms with Gasteiger partial charge in [0.15, 0.2) is 0 Å². The molecule has 2 atom stereocenters. The van der Waals surface area contributed by atoms with E-state index < -0.39 is 35.5 Å². The molecule has 170 valence electrons. The van der Waals surface area contributed by atoms with Gasteiger partial charge in [0.1, 0.15) is 12.6 Å². The van der Waals surface area contributed by atoms with Crippen molar-refractivity contribution in [1.29, 1.82) is 0 Å². The number of carboxylic acid groups (broad SMARTS) is 1. The van der Waals surface area contributed by atoms with Crippen LogP contribution in [0.25, 0.3) is 11.1 Å². The van der Waals surface area contributed by atoms with E-state index in [0.29, 0.717) is 0 Å². The summed E-state index contributed by atoms with van der Waals surface area (Å²) in [4.78, 5) is 36.3. The molecule has 0 heterocycles. The Bertz CT molecular complexity index is 966. The number of hydrogen-bond donors (Lipinski definition) is 3. The van der Waals surface area contributed by atoms with Crippen LogP contribution in [0.5, 0.6) is 0 Å². The topological polar surface area (TPSA) is 105 Å². The number of carbonyl (C=O) groups is 3. The van der Waals surface area contributed by atoms with Gasteiger partial charge in [-0.25, -0.2) is 4.79 Å². The second-order valence-electron chi connectivity index (χ2n) is 9.28. The summed E-state index contributed by atoms with van der Waals surface area (Å²) >= 11 is 0. The molecule has 2 aromatic rings. The van der Waals surface area contributed by atoms with E-state index in [9.17, 15) is 14.4 Å². The first-order chi connectivity index (χ1) is 15.1. The molecule has 3 rings (SSSR count). The van der Waals surface area contributed by atoms with Gasteiger partial charge in [-0.1, -0.05) is 69.3 Å². The highest BCUT2D eigenvalue weighted by atomic mass is 16.5. The molecule has 0 radical (unpaired) electrons. The number of hydrogen-bond acceptors (Lipinski definition) is 4. The third kappa shape index (κ3) is 5.28. The standard InChI is InChI=1S/C25H30N2O5/c1-15(13-21(28)29)26-23(30)22(25(2,3)4)27-24(31)32-14-20-18-11-7-5-9-16(18)17-10-6-8-12-19(17)20/h5-12,15,20,22H,13-14H2,1-4H3,(H,26,30)(H,27,31)(H,28,29)/t15-,22+/m0/s1. The number of benzene rings is 2. The summed E-state index contributed by atoms with van der Waals surface area (Å²) in [5.74, 6) is -1.53. The maximum absolute atomic E-state index is 12.7. The van der Waals surface area contributed by atoms with E-state index in [0.717, 1.165) is 22.3 Å². The Morgan fingerprint density at radius 2 is 1.50 bits per heavy atom. The lowest BCUT2D eigenvalue weighted by Gasteiger charge is -2.31. The summed E-state index contributed by atoms with van der Waals surface area (Å²) < 4.78 is 5.56. The Balaban J connectivity index is 1.67. The highest BCUT2D eigenvalue weighted by molar-refractivity contribution is 5.87. The Labute approximate surface area is 188 Å². The van der Waals surface area contributed by atoms with Crippen LogP contribution in [0.2, 0.25) is 0 Å². The molecule has 0 saturated heterocycles. The first-order valence-corrected chi connectivity index (χ1v) is 10.7. The van der Waals surface area contributed by atoms with Crippen LogP contribution < -0.4 is 10.6 Å². The predicted molar refractivity (Wildman–Crippen MR) is 121 cm³/mol. The quantitative estimate of drug-likeness (QED) is 0.608. The minimum Gasteiger partial charge on any atom is -0.481 e.